The second kappa shape index (κ2) is 8.48. The number of sulfonamides is 1. The van der Waals surface area contributed by atoms with Gasteiger partial charge in [-0.3, -0.25) is 10.1 Å². The zero-order valence-corrected chi connectivity index (χ0v) is 14.4. The fourth-order valence-corrected chi connectivity index (χ4v) is 2.86. The molecule has 0 aliphatic carbocycles. The highest BCUT2D eigenvalue weighted by molar-refractivity contribution is 7.89. The zero-order chi connectivity index (χ0) is 18.3. The predicted molar refractivity (Wildman–Crippen MR) is 93.0 cm³/mol. The molecule has 7 nitrogen and oxygen atoms in total. The van der Waals surface area contributed by atoms with Crippen LogP contribution in [0.25, 0.3) is 0 Å². The van der Waals surface area contributed by atoms with Crippen LogP contribution >= 0.6 is 11.6 Å². The molecule has 2 rings (SSSR count). The van der Waals surface area contributed by atoms with Gasteiger partial charge in [-0.15, -0.1) is 0 Å². The molecule has 0 spiro atoms. The van der Waals surface area contributed by atoms with Crippen LogP contribution < -0.4 is 9.46 Å². The maximum Gasteiger partial charge on any atom is 0.269 e. The van der Waals surface area contributed by atoms with Gasteiger partial charge in [0.15, 0.2) is 0 Å². The fourth-order valence-electron chi connectivity index (χ4n) is 1.75. The highest BCUT2D eigenvalue weighted by Gasteiger charge is 2.14. The lowest BCUT2D eigenvalue weighted by Gasteiger charge is -2.04. The first-order chi connectivity index (χ1) is 11.9. The molecule has 2 aromatic rings. The summed E-state index contributed by atoms with van der Waals surface area (Å²) in [4.78, 5) is 9.88. The molecule has 0 unspecified atom stereocenters. The highest BCUT2D eigenvalue weighted by atomic mass is 35.5. The topological polar surface area (TPSA) is 98.5 Å². The Balaban J connectivity index is 1.86. The zero-order valence-electron chi connectivity index (χ0n) is 12.8. The molecule has 0 heterocycles. The molecule has 0 atom stereocenters. The van der Waals surface area contributed by atoms with Crippen molar-refractivity contribution in [1.82, 2.24) is 4.72 Å². The molecular formula is C16H13ClN2O5S. The van der Waals surface area contributed by atoms with Gasteiger partial charge in [-0.25, -0.2) is 8.42 Å². The van der Waals surface area contributed by atoms with Crippen molar-refractivity contribution in [3.8, 4) is 17.6 Å². The Kier molecular flexibility index (Phi) is 6.36. The van der Waals surface area contributed by atoms with Gasteiger partial charge < -0.3 is 4.74 Å². The summed E-state index contributed by atoms with van der Waals surface area (Å²) in [5, 5.41) is 11.0. The number of nitro groups is 1. The van der Waals surface area contributed by atoms with Crippen molar-refractivity contribution in [2.24, 2.45) is 0 Å². The number of nitrogens with zero attached hydrogens (tertiary/aromatic N) is 1. The first-order valence-electron chi connectivity index (χ1n) is 6.97. The molecule has 0 fully saturated rings. The van der Waals surface area contributed by atoms with Crippen molar-refractivity contribution in [2.75, 3.05) is 13.2 Å². The lowest BCUT2D eigenvalue weighted by atomic mass is 10.3. The Hall–Kier alpha value is -2.60. The van der Waals surface area contributed by atoms with E-state index in [1.54, 1.807) is 24.3 Å². The third kappa shape index (κ3) is 5.46. The van der Waals surface area contributed by atoms with Gasteiger partial charge in [-0.2, -0.15) is 4.72 Å². The maximum absolute atomic E-state index is 12.0. The Morgan fingerprint density at radius 3 is 2.44 bits per heavy atom. The van der Waals surface area contributed by atoms with E-state index in [4.69, 9.17) is 16.3 Å². The Morgan fingerprint density at radius 1 is 1.12 bits per heavy atom. The summed E-state index contributed by atoms with van der Waals surface area (Å²) in [6, 6.07) is 11.5. The number of benzene rings is 2. The van der Waals surface area contributed by atoms with Crippen LogP contribution in [-0.4, -0.2) is 26.5 Å². The average molecular weight is 381 g/mol. The van der Waals surface area contributed by atoms with E-state index in [0.29, 0.717) is 10.8 Å². The van der Waals surface area contributed by atoms with E-state index in [9.17, 15) is 18.5 Å². The first kappa shape index (κ1) is 18.7. The third-order valence-corrected chi connectivity index (χ3v) is 4.70. The van der Waals surface area contributed by atoms with Crippen molar-refractivity contribution >= 4 is 27.3 Å². The number of hydrogen-bond donors (Lipinski definition) is 1. The van der Waals surface area contributed by atoms with E-state index in [1.165, 1.54) is 0 Å². The number of nitrogens with one attached hydrogen (secondary N) is 1. The van der Waals surface area contributed by atoms with Gasteiger partial charge in [0.1, 0.15) is 12.4 Å². The molecule has 2 aromatic carbocycles. The lowest BCUT2D eigenvalue weighted by molar-refractivity contribution is -0.384. The van der Waals surface area contributed by atoms with Crippen molar-refractivity contribution in [1.29, 1.82) is 0 Å². The number of ether oxygens (including phenoxy) is 1. The minimum atomic E-state index is -3.79. The van der Waals surface area contributed by atoms with E-state index in [-0.39, 0.29) is 23.7 Å². The van der Waals surface area contributed by atoms with Crippen molar-refractivity contribution in [2.45, 2.75) is 4.90 Å². The monoisotopic (exact) mass is 380 g/mol. The van der Waals surface area contributed by atoms with Gasteiger partial charge in [0.05, 0.1) is 21.4 Å². The van der Waals surface area contributed by atoms with Gasteiger partial charge in [0.25, 0.3) is 5.69 Å². The molecule has 9 heteroatoms. The highest BCUT2D eigenvalue weighted by Crippen LogP contribution is 2.22. The van der Waals surface area contributed by atoms with Crippen molar-refractivity contribution in [3.05, 3.63) is 63.7 Å². The Bertz CT molecular complexity index is 918. The molecular weight excluding hydrogens is 368 g/mol. The number of non-ortho nitro benzene ring substituents is 1. The SMILES string of the molecule is O=[N+]([O-])c1ccc(S(=O)(=O)NCC#CCOc2ccccc2Cl)cc1. The minimum absolute atomic E-state index is 0.0585. The quantitative estimate of drug-likeness (QED) is 0.472. The van der Waals surface area contributed by atoms with Gasteiger partial charge in [-0.05, 0) is 24.3 Å². The summed E-state index contributed by atoms with van der Waals surface area (Å²) in [5.41, 5.74) is -0.185. The summed E-state index contributed by atoms with van der Waals surface area (Å²) in [7, 11) is -3.79. The van der Waals surface area contributed by atoms with Gasteiger partial charge >= 0.3 is 0 Å². The second-order valence-electron chi connectivity index (χ2n) is 4.65. The molecule has 0 amide bonds. The van der Waals surface area contributed by atoms with Crippen LogP contribution in [0.4, 0.5) is 5.69 Å². The minimum Gasteiger partial charge on any atom is -0.479 e. The summed E-state index contributed by atoms with van der Waals surface area (Å²) in [6.07, 6.45) is 0. The molecule has 0 radical (unpaired) electrons. The van der Waals surface area contributed by atoms with Gasteiger partial charge in [0, 0.05) is 12.1 Å². The van der Waals surface area contributed by atoms with Crippen LogP contribution in [0.15, 0.2) is 53.4 Å². The Morgan fingerprint density at radius 2 is 1.80 bits per heavy atom. The van der Waals surface area contributed by atoms with Gasteiger partial charge in [0.2, 0.25) is 10.0 Å². The number of halogens is 1. The maximum atomic E-state index is 12.0. The first-order valence-corrected chi connectivity index (χ1v) is 8.83. The molecule has 0 saturated carbocycles. The summed E-state index contributed by atoms with van der Waals surface area (Å²) >= 11 is 5.92. The average Bonchev–Trinajstić information content (AvgIpc) is 2.59. The largest absolute Gasteiger partial charge is 0.479 e. The number of para-hydroxylation sites is 1. The van der Waals surface area contributed by atoms with Crippen LogP contribution in [0, 0.1) is 22.0 Å². The lowest BCUT2D eigenvalue weighted by Crippen LogP contribution is -2.24. The smallest absolute Gasteiger partial charge is 0.269 e. The normalized spacial score (nSPS) is 10.6. The molecule has 0 aliphatic rings. The molecule has 0 aromatic heterocycles. The third-order valence-electron chi connectivity index (χ3n) is 2.97. The molecule has 0 aliphatic heterocycles. The van der Waals surface area contributed by atoms with E-state index in [1.807, 2.05) is 0 Å². The van der Waals surface area contributed by atoms with E-state index < -0.39 is 14.9 Å². The Labute approximate surface area is 149 Å². The summed E-state index contributed by atoms with van der Waals surface area (Å²) in [6.45, 7) is -0.0613. The summed E-state index contributed by atoms with van der Waals surface area (Å²) < 4.78 is 31.7. The van der Waals surface area contributed by atoms with Crippen molar-refractivity contribution < 1.29 is 18.1 Å². The fraction of sp³-hybridized carbons (Fsp3) is 0.125. The standard InChI is InChI=1S/C16H13ClN2O5S/c17-15-5-1-2-6-16(15)24-12-4-3-11-18-25(22,23)14-9-7-13(8-10-14)19(20)21/h1-2,5-10,18H,11-12H2. The molecule has 1 N–H and O–H groups in total. The van der Waals surface area contributed by atoms with Crippen molar-refractivity contribution in [3.63, 3.8) is 0 Å². The van der Waals surface area contributed by atoms with E-state index >= 15 is 0 Å². The summed E-state index contributed by atoms with van der Waals surface area (Å²) in [5.74, 6) is 5.77. The number of hydrogen-bond acceptors (Lipinski definition) is 5. The van der Waals surface area contributed by atoms with Gasteiger partial charge in [-0.1, -0.05) is 35.6 Å². The van der Waals surface area contributed by atoms with E-state index in [2.05, 4.69) is 16.6 Å². The number of nitro benzene ring substituents is 1. The predicted octanol–water partition coefficient (Wildman–Crippen LogP) is 2.61. The van der Waals surface area contributed by atoms with Crippen LogP contribution in [0.1, 0.15) is 0 Å². The second-order valence-corrected chi connectivity index (χ2v) is 6.82. The van der Waals surface area contributed by atoms with Crippen LogP contribution in [0.2, 0.25) is 5.02 Å². The van der Waals surface area contributed by atoms with Crippen LogP contribution in [0.3, 0.4) is 0 Å². The molecule has 0 bridgehead atoms. The molecule has 0 saturated heterocycles. The van der Waals surface area contributed by atoms with Crippen LogP contribution in [-0.2, 0) is 10.0 Å². The van der Waals surface area contributed by atoms with E-state index in [0.717, 1.165) is 24.3 Å². The molecule has 130 valence electrons. The van der Waals surface area contributed by atoms with Crippen LogP contribution in [0.5, 0.6) is 5.75 Å². The molecule has 25 heavy (non-hydrogen) atoms. The number of rotatable bonds is 6.